The van der Waals surface area contributed by atoms with Crippen LogP contribution < -0.4 is 5.32 Å². The molecule has 8 nitrogen and oxygen atoms in total. The maximum absolute atomic E-state index is 12.9. The van der Waals surface area contributed by atoms with Crippen LogP contribution in [0.15, 0.2) is 72.5 Å². The average Bonchev–Trinajstić information content (AvgIpc) is 3.34. The van der Waals surface area contributed by atoms with Crippen molar-refractivity contribution >= 4 is 25.3 Å². The van der Waals surface area contributed by atoms with Crippen LogP contribution in [0.25, 0.3) is 17.2 Å². The van der Waals surface area contributed by atoms with Gasteiger partial charge in [-0.15, -0.1) is 0 Å². The van der Waals surface area contributed by atoms with Gasteiger partial charge in [-0.25, -0.2) is 9.59 Å². The lowest BCUT2D eigenvalue weighted by Crippen LogP contribution is -2.41. The molecule has 0 radical (unpaired) electrons. The molecule has 39 heavy (non-hydrogen) atoms. The number of rotatable bonds is 7. The first-order chi connectivity index (χ1) is 18.6. The Labute approximate surface area is 228 Å². The number of nitrogens with zero attached hydrogens (tertiary/aromatic N) is 1. The van der Waals surface area contributed by atoms with Gasteiger partial charge in [0.05, 0.1) is 16.8 Å². The maximum atomic E-state index is 12.9. The van der Waals surface area contributed by atoms with E-state index in [1.54, 1.807) is 12.3 Å². The van der Waals surface area contributed by atoms with Crippen molar-refractivity contribution in [3.05, 3.63) is 94.7 Å². The first-order valence-corrected chi connectivity index (χ1v) is 12.9. The molecule has 2 N–H and O–H groups in total. The van der Waals surface area contributed by atoms with Gasteiger partial charge in [0.25, 0.3) is 0 Å². The normalized spacial score (nSPS) is 17.4. The molecule has 1 fully saturated rings. The smallest absolute Gasteiger partial charge is 0.478 e. The third kappa shape index (κ3) is 5.33. The highest BCUT2D eigenvalue weighted by Gasteiger charge is 2.52. The number of hydrogen-bond acceptors (Lipinski definition) is 6. The second kappa shape index (κ2) is 10.3. The average molecular weight is 526 g/mol. The molecule has 0 saturated carbocycles. The lowest BCUT2D eigenvalue weighted by Gasteiger charge is -2.32. The summed E-state index contributed by atoms with van der Waals surface area (Å²) in [6.45, 7) is 8.03. The number of ether oxygens (including phenoxy) is 1. The summed E-state index contributed by atoms with van der Waals surface area (Å²) in [5.41, 5.74) is 4.60. The molecule has 1 aliphatic heterocycles. The van der Waals surface area contributed by atoms with Crippen LogP contribution in [0.5, 0.6) is 0 Å². The summed E-state index contributed by atoms with van der Waals surface area (Å²) < 4.78 is 18.1. The summed E-state index contributed by atoms with van der Waals surface area (Å²) in [5, 5.41) is 12.2. The van der Waals surface area contributed by atoms with Crippen molar-refractivity contribution in [3.63, 3.8) is 0 Å². The zero-order valence-electron chi connectivity index (χ0n) is 22.4. The molecule has 0 atom stereocenters. The van der Waals surface area contributed by atoms with Gasteiger partial charge < -0.3 is 24.5 Å². The molecule has 1 amide bonds. The van der Waals surface area contributed by atoms with Gasteiger partial charge in [0, 0.05) is 24.9 Å². The molecule has 200 valence electrons. The van der Waals surface area contributed by atoms with Crippen molar-refractivity contribution in [2.24, 2.45) is 0 Å². The summed E-state index contributed by atoms with van der Waals surface area (Å²) in [6.07, 6.45) is 3.98. The SMILES string of the molecule is CC1(C)OB(C(=Cc2cncc(C(=O)O)c2)CNC(=O)OCC2c3ccccc3-c3ccccc32)OC1(C)C. The van der Waals surface area contributed by atoms with E-state index >= 15 is 0 Å². The molecular formula is C30H31BN2O6. The molecule has 0 unspecified atom stereocenters. The minimum atomic E-state index is -1.08. The number of aromatic nitrogens is 1. The number of hydrogen-bond donors (Lipinski definition) is 2. The Bertz CT molecular complexity index is 1390. The zero-order chi connectivity index (χ0) is 27.8. The molecular weight excluding hydrogens is 495 g/mol. The number of aromatic carboxylic acids is 1. The monoisotopic (exact) mass is 526 g/mol. The van der Waals surface area contributed by atoms with Crippen LogP contribution in [0, 0.1) is 0 Å². The first kappa shape index (κ1) is 26.7. The van der Waals surface area contributed by atoms with Gasteiger partial charge in [-0.1, -0.05) is 54.6 Å². The van der Waals surface area contributed by atoms with E-state index in [9.17, 15) is 14.7 Å². The second-order valence-corrected chi connectivity index (χ2v) is 10.8. The number of alkyl carbamates (subject to hydrolysis) is 1. The number of nitrogens with one attached hydrogen (secondary N) is 1. The minimum Gasteiger partial charge on any atom is -0.478 e. The van der Waals surface area contributed by atoms with Crippen molar-refractivity contribution in [3.8, 4) is 11.1 Å². The number of benzene rings is 2. The summed E-state index contributed by atoms with van der Waals surface area (Å²) >= 11 is 0. The molecule has 1 aliphatic carbocycles. The fraction of sp³-hybridized carbons (Fsp3) is 0.300. The Kier molecular flexibility index (Phi) is 7.05. The van der Waals surface area contributed by atoms with Gasteiger partial charge in [0.2, 0.25) is 0 Å². The Balaban J connectivity index is 1.31. The zero-order valence-corrected chi connectivity index (χ0v) is 22.4. The maximum Gasteiger partial charge on any atom is 0.492 e. The van der Waals surface area contributed by atoms with Gasteiger partial charge in [-0.3, -0.25) is 4.98 Å². The van der Waals surface area contributed by atoms with E-state index in [1.807, 2.05) is 52.0 Å². The number of carbonyl (C=O) groups is 2. The summed E-state index contributed by atoms with van der Waals surface area (Å²) in [4.78, 5) is 28.3. The van der Waals surface area contributed by atoms with Gasteiger partial charge in [-0.05, 0) is 67.1 Å². The molecule has 0 spiro atoms. The summed E-state index contributed by atoms with van der Waals surface area (Å²) in [6, 6.07) is 17.8. The van der Waals surface area contributed by atoms with E-state index in [2.05, 4.69) is 34.6 Å². The first-order valence-electron chi connectivity index (χ1n) is 12.9. The topological polar surface area (TPSA) is 107 Å². The predicted octanol–water partition coefficient (Wildman–Crippen LogP) is 5.33. The Morgan fingerprint density at radius 1 is 1.00 bits per heavy atom. The molecule has 2 aromatic carbocycles. The van der Waals surface area contributed by atoms with Gasteiger partial charge in [0.1, 0.15) is 6.61 Å². The van der Waals surface area contributed by atoms with E-state index in [0.29, 0.717) is 11.0 Å². The van der Waals surface area contributed by atoms with Crippen LogP contribution in [0.4, 0.5) is 4.79 Å². The standard InChI is InChI=1S/C30H31BN2O6/c1-29(2)30(3,4)39-31(38-29)21(14-19-13-20(27(34)35)16-32-15-19)17-33-28(36)37-18-26-24-11-7-5-9-22(24)23-10-6-8-12-25(23)26/h5-16,26H,17-18H2,1-4H3,(H,33,36)(H,34,35). The van der Waals surface area contributed by atoms with Crippen molar-refractivity contribution in [1.82, 2.24) is 10.3 Å². The van der Waals surface area contributed by atoms with E-state index in [1.165, 1.54) is 12.3 Å². The predicted molar refractivity (Wildman–Crippen MR) is 148 cm³/mol. The van der Waals surface area contributed by atoms with Crippen molar-refractivity contribution < 1.29 is 28.7 Å². The summed E-state index contributed by atoms with van der Waals surface area (Å²) in [7, 11) is -0.752. The molecule has 0 bridgehead atoms. The third-order valence-corrected chi connectivity index (χ3v) is 7.69. The minimum absolute atomic E-state index is 0.0499. The summed E-state index contributed by atoms with van der Waals surface area (Å²) in [5.74, 6) is -1.13. The Morgan fingerprint density at radius 3 is 2.18 bits per heavy atom. The number of fused-ring (bicyclic) bond motifs is 3. The third-order valence-electron chi connectivity index (χ3n) is 7.69. The van der Waals surface area contributed by atoms with Crippen LogP contribution in [0.3, 0.4) is 0 Å². The van der Waals surface area contributed by atoms with Crippen LogP contribution in [-0.4, -0.2) is 53.6 Å². The molecule has 1 saturated heterocycles. The van der Waals surface area contributed by atoms with Gasteiger partial charge in [-0.2, -0.15) is 0 Å². The van der Waals surface area contributed by atoms with Crippen LogP contribution in [0.2, 0.25) is 0 Å². The second-order valence-electron chi connectivity index (χ2n) is 10.8. The van der Waals surface area contributed by atoms with Crippen molar-refractivity contribution in [1.29, 1.82) is 0 Å². The number of amides is 1. The molecule has 2 heterocycles. The van der Waals surface area contributed by atoms with E-state index in [-0.39, 0.29) is 24.6 Å². The van der Waals surface area contributed by atoms with Crippen LogP contribution >= 0.6 is 0 Å². The number of carboxylic acid groups (broad SMARTS) is 1. The van der Waals surface area contributed by atoms with E-state index in [4.69, 9.17) is 14.0 Å². The molecule has 9 heteroatoms. The quantitative estimate of drug-likeness (QED) is 0.401. The highest BCUT2D eigenvalue weighted by atomic mass is 16.7. The fourth-order valence-electron chi connectivity index (χ4n) is 4.89. The van der Waals surface area contributed by atoms with Crippen LogP contribution in [0.1, 0.15) is 60.7 Å². The highest BCUT2D eigenvalue weighted by Crippen LogP contribution is 2.44. The van der Waals surface area contributed by atoms with Gasteiger partial charge in [0.15, 0.2) is 0 Å². The van der Waals surface area contributed by atoms with Crippen molar-refractivity contribution in [2.75, 3.05) is 13.2 Å². The number of carboxylic acids is 1. The molecule has 1 aromatic heterocycles. The fourth-order valence-corrected chi connectivity index (χ4v) is 4.89. The molecule has 2 aliphatic rings. The molecule has 3 aromatic rings. The Morgan fingerprint density at radius 2 is 1.59 bits per heavy atom. The van der Waals surface area contributed by atoms with Crippen molar-refractivity contribution in [2.45, 2.75) is 44.8 Å². The van der Waals surface area contributed by atoms with E-state index < -0.39 is 30.4 Å². The largest absolute Gasteiger partial charge is 0.492 e. The molecule has 5 rings (SSSR count). The van der Waals surface area contributed by atoms with Gasteiger partial charge >= 0.3 is 19.2 Å². The number of pyridine rings is 1. The Hall–Kier alpha value is -3.95. The lowest BCUT2D eigenvalue weighted by molar-refractivity contribution is 0.00578. The lowest BCUT2D eigenvalue weighted by atomic mass is 9.77. The highest BCUT2D eigenvalue weighted by molar-refractivity contribution is 6.56. The number of carbonyl (C=O) groups excluding carboxylic acids is 1. The van der Waals surface area contributed by atoms with E-state index in [0.717, 1.165) is 22.3 Å². The van der Waals surface area contributed by atoms with Crippen LogP contribution in [-0.2, 0) is 14.0 Å².